The maximum absolute atomic E-state index is 8.86. The summed E-state index contributed by atoms with van der Waals surface area (Å²) in [7, 11) is 0. The van der Waals surface area contributed by atoms with Crippen LogP contribution in [0.2, 0.25) is 0 Å². The summed E-state index contributed by atoms with van der Waals surface area (Å²) in [6, 6.07) is 11.4. The number of rotatable bonds is 2. The molecular formula is C12H9N3S. The highest BCUT2D eigenvalue weighted by atomic mass is 32.2. The Labute approximate surface area is 97.9 Å². The van der Waals surface area contributed by atoms with Gasteiger partial charge in [0.1, 0.15) is 6.07 Å². The zero-order valence-corrected chi connectivity index (χ0v) is 9.24. The van der Waals surface area contributed by atoms with E-state index in [1.807, 2.05) is 18.2 Å². The van der Waals surface area contributed by atoms with Crippen molar-refractivity contribution in [2.45, 2.75) is 9.79 Å². The predicted octanol–water partition coefficient (Wildman–Crippen LogP) is 2.69. The Morgan fingerprint density at radius 1 is 1.12 bits per heavy atom. The maximum atomic E-state index is 8.86. The van der Waals surface area contributed by atoms with E-state index in [9.17, 15) is 0 Å². The molecule has 1 aromatic heterocycles. The second-order valence-corrected chi connectivity index (χ2v) is 4.29. The number of nitriles is 1. The Balaban J connectivity index is 2.27. The van der Waals surface area contributed by atoms with E-state index in [2.05, 4.69) is 11.1 Å². The molecule has 1 heterocycles. The Kier molecular flexibility index (Phi) is 3.08. The lowest BCUT2D eigenvalue weighted by molar-refractivity contribution is 1.26. The molecule has 0 atom stereocenters. The Morgan fingerprint density at radius 3 is 2.56 bits per heavy atom. The van der Waals surface area contributed by atoms with Crippen molar-refractivity contribution in [2.75, 3.05) is 5.73 Å². The van der Waals surface area contributed by atoms with Gasteiger partial charge in [-0.05, 0) is 30.3 Å². The minimum atomic E-state index is 0.513. The molecule has 0 spiro atoms. The molecule has 2 rings (SSSR count). The first-order valence-electron chi connectivity index (χ1n) is 4.67. The molecule has 78 valence electrons. The van der Waals surface area contributed by atoms with Gasteiger partial charge in [-0.15, -0.1) is 0 Å². The van der Waals surface area contributed by atoms with Gasteiger partial charge in [-0.1, -0.05) is 11.8 Å². The molecule has 0 aliphatic carbocycles. The molecule has 0 aliphatic rings. The number of aromatic nitrogens is 1. The lowest BCUT2D eigenvalue weighted by Gasteiger charge is -2.03. The number of hydrogen-bond acceptors (Lipinski definition) is 4. The summed E-state index contributed by atoms with van der Waals surface area (Å²) in [6.45, 7) is 0. The summed E-state index contributed by atoms with van der Waals surface area (Å²) in [6.07, 6.45) is 3.48. The molecule has 0 unspecified atom stereocenters. The van der Waals surface area contributed by atoms with Gasteiger partial charge in [0, 0.05) is 27.9 Å². The third kappa shape index (κ3) is 2.33. The molecule has 3 nitrogen and oxygen atoms in total. The van der Waals surface area contributed by atoms with E-state index in [1.54, 1.807) is 36.3 Å². The maximum Gasteiger partial charge on any atom is 0.101 e. The minimum Gasteiger partial charge on any atom is -0.398 e. The first kappa shape index (κ1) is 10.5. The SMILES string of the molecule is N#Cc1cc(Sc2ccncc2)ccc1N. The molecule has 0 bridgehead atoms. The number of hydrogen-bond donors (Lipinski definition) is 1. The van der Waals surface area contributed by atoms with Gasteiger partial charge in [0.2, 0.25) is 0 Å². The Bertz CT molecular complexity index is 532. The second-order valence-electron chi connectivity index (χ2n) is 3.15. The van der Waals surface area contributed by atoms with Gasteiger partial charge in [0.25, 0.3) is 0 Å². The van der Waals surface area contributed by atoms with Crippen molar-refractivity contribution >= 4 is 17.4 Å². The zero-order chi connectivity index (χ0) is 11.4. The van der Waals surface area contributed by atoms with E-state index >= 15 is 0 Å². The van der Waals surface area contributed by atoms with Crippen LogP contribution >= 0.6 is 11.8 Å². The summed E-state index contributed by atoms with van der Waals surface area (Å²) >= 11 is 1.58. The molecule has 0 fully saturated rings. The fourth-order valence-electron chi connectivity index (χ4n) is 1.24. The molecule has 0 saturated carbocycles. The van der Waals surface area contributed by atoms with E-state index in [0.717, 1.165) is 9.79 Å². The Morgan fingerprint density at radius 2 is 1.88 bits per heavy atom. The average Bonchev–Trinajstić information content (AvgIpc) is 2.33. The van der Waals surface area contributed by atoms with Crippen molar-refractivity contribution in [1.29, 1.82) is 5.26 Å². The standard InChI is InChI=1S/C12H9N3S/c13-8-9-7-11(1-2-12(9)14)16-10-3-5-15-6-4-10/h1-7H,14H2. The third-order valence-electron chi connectivity index (χ3n) is 2.03. The van der Waals surface area contributed by atoms with Gasteiger partial charge in [0.05, 0.1) is 5.56 Å². The van der Waals surface area contributed by atoms with Gasteiger partial charge in [0.15, 0.2) is 0 Å². The Hall–Kier alpha value is -1.99. The highest BCUT2D eigenvalue weighted by Crippen LogP contribution is 2.28. The largest absolute Gasteiger partial charge is 0.398 e. The van der Waals surface area contributed by atoms with Crippen LogP contribution in [0.5, 0.6) is 0 Å². The molecule has 16 heavy (non-hydrogen) atoms. The fraction of sp³-hybridized carbons (Fsp3) is 0. The van der Waals surface area contributed by atoms with Crippen molar-refractivity contribution in [1.82, 2.24) is 4.98 Å². The van der Waals surface area contributed by atoms with Gasteiger partial charge >= 0.3 is 0 Å². The average molecular weight is 227 g/mol. The summed E-state index contributed by atoms with van der Waals surface area (Å²) in [4.78, 5) is 6.03. The van der Waals surface area contributed by atoms with Crippen LogP contribution in [-0.2, 0) is 0 Å². The smallest absolute Gasteiger partial charge is 0.101 e. The number of nitrogens with zero attached hydrogens (tertiary/aromatic N) is 2. The summed E-state index contributed by atoms with van der Waals surface area (Å²) < 4.78 is 0. The van der Waals surface area contributed by atoms with Gasteiger partial charge in [-0.2, -0.15) is 5.26 Å². The van der Waals surface area contributed by atoms with Crippen LogP contribution in [-0.4, -0.2) is 4.98 Å². The van der Waals surface area contributed by atoms with Gasteiger partial charge in [-0.3, -0.25) is 4.98 Å². The van der Waals surface area contributed by atoms with Crippen LogP contribution in [0.4, 0.5) is 5.69 Å². The highest BCUT2D eigenvalue weighted by molar-refractivity contribution is 7.99. The molecular weight excluding hydrogens is 218 g/mol. The summed E-state index contributed by atoms with van der Waals surface area (Å²) in [5.41, 5.74) is 6.68. The van der Waals surface area contributed by atoms with Crippen molar-refractivity contribution < 1.29 is 0 Å². The number of benzene rings is 1. The molecule has 0 amide bonds. The van der Waals surface area contributed by atoms with E-state index in [0.29, 0.717) is 11.3 Å². The lowest BCUT2D eigenvalue weighted by Crippen LogP contribution is -1.89. The molecule has 0 saturated heterocycles. The first-order valence-corrected chi connectivity index (χ1v) is 5.49. The van der Waals surface area contributed by atoms with Crippen LogP contribution in [0.15, 0.2) is 52.5 Å². The predicted molar refractivity (Wildman–Crippen MR) is 63.9 cm³/mol. The molecule has 0 aliphatic heterocycles. The molecule has 1 aromatic carbocycles. The van der Waals surface area contributed by atoms with Crippen molar-refractivity contribution in [3.05, 3.63) is 48.3 Å². The van der Waals surface area contributed by atoms with Gasteiger partial charge < -0.3 is 5.73 Å². The van der Waals surface area contributed by atoms with E-state index in [4.69, 9.17) is 11.0 Å². The normalized spacial score (nSPS) is 9.69. The van der Waals surface area contributed by atoms with Crippen LogP contribution in [0, 0.1) is 11.3 Å². The molecule has 4 heteroatoms. The van der Waals surface area contributed by atoms with E-state index in [-0.39, 0.29) is 0 Å². The summed E-state index contributed by atoms with van der Waals surface area (Å²) in [5, 5.41) is 8.86. The topological polar surface area (TPSA) is 62.7 Å². The molecule has 2 aromatic rings. The first-order chi connectivity index (χ1) is 7.79. The molecule has 0 radical (unpaired) electrons. The van der Waals surface area contributed by atoms with Crippen molar-refractivity contribution in [2.24, 2.45) is 0 Å². The van der Waals surface area contributed by atoms with Crippen molar-refractivity contribution in [3.63, 3.8) is 0 Å². The summed E-state index contributed by atoms with van der Waals surface area (Å²) in [5.74, 6) is 0. The number of nitrogens with two attached hydrogens (primary N) is 1. The minimum absolute atomic E-state index is 0.513. The van der Waals surface area contributed by atoms with Gasteiger partial charge in [-0.25, -0.2) is 0 Å². The third-order valence-corrected chi connectivity index (χ3v) is 3.03. The quantitative estimate of drug-likeness (QED) is 0.801. The fourth-order valence-corrected chi connectivity index (χ4v) is 2.08. The highest BCUT2D eigenvalue weighted by Gasteiger charge is 2.01. The van der Waals surface area contributed by atoms with Crippen LogP contribution in [0.3, 0.4) is 0 Å². The molecule has 2 N–H and O–H groups in total. The zero-order valence-electron chi connectivity index (χ0n) is 8.42. The second kappa shape index (κ2) is 4.69. The van der Waals surface area contributed by atoms with Crippen LogP contribution in [0.25, 0.3) is 0 Å². The van der Waals surface area contributed by atoms with Crippen molar-refractivity contribution in [3.8, 4) is 6.07 Å². The monoisotopic (exact) mass is 227 g/mol. The number of anilines is 1. The van der Waals surface area contributed by atoms with E-state index < -0.39 is 0 Å². The van der Waals surface area contributed by atoms with E-state index in [1.165, 1.54) is 0 Å². The number of pyridine rings is 1. The lowest BCUT2D eigenvalue weighted by atomic mass is 10.2. The number of nitrogen functional groups attached to an aromatic ring is 1. The van der Waals surface area contributed by atoms with Crippen LogP contribution in [0.1, 0.15) is 5.56 Å². The van der Waals surface area contributed by atoms with Crippen LogP contribution < -0.4 is 5.73 Å².